The molecule has 96 valence electrons. The third kappa shape index (κ3) is 6.52. The van der Waals surface area contributed by atoms with Crippen LogP contribution in [0.2, 0.25) is 0 Å². The fourth-order valence-electron chi connectivity index (χ4n) is 1.01. The molecule has 0 unspecified atom stereocenters. The number of aromatic nitrogens is 3. The number of hydrogen-bond donors (Lipinski definition) is 2. The second-order valence-electron chi connectivity index (χ2n) is 4.46. The molecule has 7 heteroatoms. The normalized spacial score (nSPS) is 11.2. The van der Waals surface area contributed by atoms with Crippen molar-refractivity contribution in [1.82, 2.24) is 20.7 Å². The van der Waals surface area contributed by atoms with Crippen molar-refractivity contribution in [2.24, 2.45) is 0 Å². The minimum atomic E-state index is -0.480. The number of ether oxygens (including phenoxy) is 2. The Kier molecular flexibility index (Phi) is 4.89. The molecule has 0 aliphatic rings. The Balaban J connectivity index is 2.02. The maximum atomic E-state index is 11.2. The summed E-state index contributed by atoms with van der Waals surface area (Å²) >= 11 is 0. The molecule has 1 rings (SSSR count). The van der Waals surface area contributed by atoms with Gasteiger partial charge in [0.05, 0.1) is 25.1 Å². The third-order valence-corrected chi connectivity index (χ3v) is 1.64. The van der Waals surface area contributed by atoms with Gasteiger partial charge in [-0.15, -0.1) is 5.10 Å². The predicted molar refractivity (Wildman–Crippen MR) is 60.3 cm³/mol. The van der Waals surface area contributed by atoms with Crippen molar-refractivity contribution in [3.05, 3.63) is 11.9 Å². The summed E-state index contributed by atoms with van der Waals surface area (Å²) in [5.41, 5.74) is 0.314. The van der Waals surface area contributed by atoms with Crippen molar-refractivity contribution in [2.45, 2.75) is 33.0 Å². The van der Waals surface area contributed by atoms with Crippen LogP contribution >= 0.6 is 0 Å². The quantitative estimate of drug-likeness (QED) is 0.747. The summed E-state index contributed by atoms with van der Waals surface area (Å²) in [5, 5.41) is 12.4. The lowest BCUT2D eigenvalue weighted by atomic mass is 10.2. The van der Waals surface area contributed by atoms with Gasteiger partial charge in [-0.1, -0.05) is 5.21 Å². The molecule has 0 aliphatic heterocycles. The average molecular weight is 242 g/mol. The van der Waals surface area contributed by atoms with Crippen molar-refractivity contribution >= 4 is 6.09 Å². The van der Waals surface area contributed by atoms with Gasteiger partial charge in [0.15, 0.2) is 0 Å². The Hall–Kier alpha value is -1.63. The molecule has 0 bridgehead atoms. The van der Waals surface area contributed by atoms with Gasteiger partial charge in [-0.3, -0.25) is 5.10 Å². The molecule has 0 aliphatic carbocycles. The van der Waals surface area contributed by atoms with Gasteiger partial charge >= 0.3 is 6.09 Å². The van der Waals surface area contributed by atoms with Crippen LogP contribution in [-0.2, 0) is 16.1 Å². The van der Waals surface area contributed by atoms with E-state index in [1.165, 1.54) is 0 Å². The molecule has 0 saturated heterocycles. The van der Waals surface area contributed by atoms with Crippen molar-refractivity contribution < 1.29 is 14.3 Å². The largest absolute Gasteiger partial charge is 0.444 e. The van der Waals surface area contributed by atoms with Gasteiger partial charge < -0.3 is 14.8 Å². The lowest BCUT2D eigenvalue weighted by Gasteiger charge is -2.19. The molecule has 17 heavy (non-hydrogen) atoms. The van der Waals surface area contributed by atoms with Gasteiger partial charge in [0.2, 0.25) is 0 Å². The van der Waals surface area contributed by atoms with Gasteiger partial charge in [-0.05, 0) is 20.8 Å². The SMILES string of the molecule is CC(C)(C)OC(=O)NCCOCc1cnn[nH]1. The average Bonchev–Trinajstić information content (AvgIpc) is 2.67. The van der Waals surface area contributed by atoms with Crippen LogP contribution in [0.3, 0.4) is 0 Å². The number of amides is 1. The summed E-state index contributed by atoms with van der Waals surface area (Å²) in [7, 11) is 0. The number of alkyl carbamates (subject to hydrolysis) is 1. The van der Waals surface area contributed by atoms with Crippen molar-refractivity contribution in [3.63, 3.8) is 0 Å². The van der Waals surface area contributed by atoms with Crippen LogP contribution in [0, 0.1) is 0 Å². The molecule has 0 fully saturated rings. The van der Waals surface area contributed by atoms with Crippen LogP contribution in [0.4, 0.5) is 4.79 Å². The van der Waals surface area contributed by atoms with Gasteiger partial charge in [-0.2, -0.15) is 0 Å². The molecule has 1 aromatic rings. The highest BCUT2D eigenvalue weighted by Gasteiger charge is 2.15. The van der Waals surface area contributed by atoms with Gasteiger partial charge in [0.1, 0.15) is 5.60 Å². The smallest absolute Gasteiger partial charge is 0.407 e. The van der Waals surface area contributed by atoms with E-state index in [0.29, 0.717) is 19.8 Å². The van der Waals surface area contributed by atoms with Crippen LogP contribution in [0.25, 0.3) is 0 Å². The third-order valence-electron chi connectivity index (χ3n) is 1.64. The maximum Gasteiger partial charge on any atom is 0.407 e. The monoisotopic (exact) mass is 242 g/mol. The van der Waals surface area contributed by atoms with Gasteiger partial charge in [-0.25, -0.2) is 4.79 Å². The molecule has 1 amide bonds. The van der Waals surface area contributed by atoms with Crippen molar-refractivity contribution in [2.75, 3.05) is 13.2 Å². The Bertz CT molecular complexity index is 332. The van der Waals surface area contributed by atoms with Crippen LogP contribution in [-0.4, -0.2) is 40.3 Å². The Morgan fingerprint density at radius 3 is 2.88 bits per heavy atom. The van der Waals surface area contributed by atoms with E-state index in [9.17, 15) is 4.79 Å². The first-order valence-corrected chi connectivity index (χ1v) is 5.37. The summed E-state index contributed by atoms with van der Waals surface area (Å²) in [6, 6.07) is 0. The number of nitrogens with zero attached hydrogens (tertiary/aromatic N) is 2. The zero-order valence-electron chi connectivity index (χ0n) is 10.3. The molecule has 0 atom stereocenters. The van der Waals surface area contributed by atoms with Crippen LogP contribution in [0.15, 0.2) is 6.20 Å². The highest BCUT2D eigenvalue weighted by Crippen LogP contribution is 2.06. The Labute approximate surface area is 99.9 Å². The minimum absolute atomic E-state index is 0.392. The zero-order valence-corrected chi connectivity index (χ0v) is 10.3. The first-order valence-electron chi connectivity index (χ1n) is 5.37. The lowest BCUT2D eigenvalue weighted by molar-refractivity contribution is 0.0493. The van der Waals surface area contributed by atoms with E-state index in [2.05, 4.69) is 20.7 Å². The van der Waals surface area contributed by atoms with Gasteiger partial charge in [0.25, 0.3) is 0 Å². The fourth-order valence-corrected chi connectivity index (χ4v) is 1.01. The summed E-state index contributed by atoms with van der Waals surface area (Å²) in [5.74, 6) is 0. The molecule has 0 saturated carbocycles. The van der Waals surface area contributed by atoms with E-state index < -0.39 is 11.7 Å². The minimum Gasteiger partial charge on any atom is -0.444 e. The summed E-state index contributed by atoms with van der Waals surface area (Å²) < 4.78 is 10.3. The van der Waals surface area contributed by atoms with Crippen LogP contribution in [0.1, 0.15) is 26.5 Å². The highest BCUT2D eigenvalue weighted by atomic mass is 16.6. The van der Waals surface area contributed by atoms with Crippen molar-refractivity contribution in [1.29, 1.82) is 0 Å². The summed E-state index contributed by atoms with van der Waals surface area (Å²) in [6.07, 6.45) is 1.14. The topological polar surface area (TPSA) is 89.1 Å². The number of H-pyrrole nitrogens is 1. The molecular weight excluding hydrogens is 224 g/mol. The van der Waals surface area contributed by atoms with E-state index in [4.69, 9.17) is 9.47 Å². The molecule has 1 aromatic heterocycles. The molecule has 2 N–H and O–H groups in total. The molecule has 1 heterocycles. The highest BCUT2D eigenvalue weighted by molar-refractivity contribution is 5.67. The maximum absolute atomic E-state index is 11.2. The number of carbonyl (C=O) groups excluding carboxylic acids is 1. The lowest BCUT2D eigenvalue weighted by Crippen LogP contribution is -2.34. The Morgan fingerprint density at radius 2 is 2.29 bits per heavy atom. The summed E-state index contributed by atoms with van der Waals surface area (Å²) in [6.45, 7) is 6.63. The van der Waals surface area contributed by atoms with Gasteiger partial charge in [0, 0.05) is 6.54 Å². The molecule has 7 nitrogen and oxygen atoms in total. The first-order chi connectivity index (χ1) is 7.97. The van der Waals surface area contributed by atoms with E-state index in [1.807, 2.05) is 20.8 Å². The number of rotatable bonds is 5. The molecule has 0 spiro atoms. The number of carbonyl (C=O) groups is 1. The fraction of sp³-hybridized carbons (Fsp3) is 0.700. The number of hydrogen-bond acceptors (Lipinski definition) is 5. The van der Waals surface area contributed by atoms with E-state index in [0.717, 1.165) is 5.69 Å². The second-order valence-corrected chi connectivity index (χ2v) is 4.46. The van der Waals surface area contributed by atoms with E-state index in [-0.39, 0.29) is 0 Å². The second kappa shape index (κ2) is 6.19. The molecular formula is C10H18N4O3. The van der Waals surface area contributed by atoms with E-state index >= 15 is 0 Å². The summed E-state index contributed by atoms with van der Waals surface area (Å²) in [4.78, 5) is 11.2. The van der Waals surface area contributed by atoms with E-state index in [1.54, 1.807) is 6.20 Å². The Morgan fingerprint density at radius 1 is 1.53 bits per heavy atom. The molecule has 0 radical (unpaired) electrons. The first kappa shape index (κ1) is 13.4. The number of aromatic amines is 1. The predicted octanol–water partition coefficient (Wildman–Crippen LogP) is 0.846. The van der Waals surface area contributed by atoms with Crippen LogP contribution < -0.4 is 5.32 Å². The standard InChI is InChI=1S/C10H18N4O3/c1-10(2,3)17-9(15)11-4-5-16-7-8-6-12-14-13-8/h6H,4-5,7H2,1-3H3,(H,11,15)(H,12,13,14). The number of nitrogens with one attached hydrogen (secondary N) is 2. The van der Waals surface area contributed by atoms with Crippen LogP contribution in [0.5, 0.6) is 0 Å². The zero-order chi connectivity index (χ0) is 12.7. The molecule has 0 aromatic carbocycles. The van der Waals surface area contributed by atoms with Crippen molar-refractivity contribution in [3.8, 4) is 0 Å².